The molecular weight excluding hydrogens is 269 g/mol. The zero-order valence-corrected chi connectivity index (χ0v) is 12.9. The molecule has 3 nitrogen and oxygen atoms in total. The summed E-state index contributed by atoms with van der Waals surface area (Å²) in [7, 11) is 0. The van der Waals surface area contributed by atoms with Gasteiger partial charge in [0.25, 0.3) is 0 Å². The van der Waals surface area contributed by atoms with E-state index in [4.69, 9.17) is 0 Å². The second-order valence-electron chi connectivity index (χ2n) is 6.57. The Labute approximate surface area is 119 Å². The molecule has 0 bridgehead atoms. The van der Waals surface area contributed by atoms with Gasteiger partial charge in [0.05, 0.1) is 0 Å². The summed E-state index contributed by atoms with van der Waals surface area (Å²) in [5.74, 6) is 0.523. The number of rotatable bonds is 6. The topological polar surface area (TPSA) is 24.5 Å². The quantitative estimate of drug-likeness (QED) is 0.763. The van der Waals surface area contributed by atoms with Gasteiger partial charge in [-0.25, -0.2) is 0 Å². The lowest BCUT2D eigenvalue weighted by Gasteiger charge is -2.46. The van der Waals surface area contributed by atoms with E-state index >= 15 is 0 Å². The molecule has 1 fully saturated rings. The zero-order valence-electron chi connectivity index (χ0n) is 12.9. The van der Waals surface area contributed by atoms with Gasteiger partial charge in [0.2, 0.25) is 0 Å². The Bertz CT molecular complexity index is 293. The van der Waals surface area contributed by atoms with Gasteiger partial charge < -0.3 is 10.1 Å². The summed E-state index contributed by atoms with van der Waals surface area (Å²) in [4.78, 5) is 2.37. The minimum absolute atomic E-state index is 0.0538. The fourth-order valence-electron chi connectivity index (χ4n) is 2.65. The van der Waals surface area contributed by atoms with Crippen LogP contribution in [0.1, 0.15) is 34.1 Å². The molecular formula is C14H27F3N2O. The summed E-state index contributed by atoms with van der Waals surface area (Å²) in [5.41, 5.74) is 0.0538. The van der Waals surface area contributed by atoms with Gasteiger partial charge in [-0.3, -0.25) is 4.90 Å². The SMILES string of the molecule is CC(C)C1CNC(C)(C)CN1CCCOCC(F)(F)F. The number of ether oxygens (including phenoxy) is 1. The first-order valence-electron chi connectivity index (χ1n) is 7.24. The first-order valence-corrected chi connectivity index (χ1v) is 7.24. The van der Waals surface area contributed by atoms with Crippen LogP contribution in [-0.2, 0) is 4.74 Å². The van der Waals surface area contributed by atoms with E-state index in [0.717, 1.165) is 19.6 Å². The molecule has 0 amide bonds. The molecule has 0 saturated carbocycles. The Morgan fingerprint density at radius 3 is 2.55 bits per heavy atom. The van der Waals surface area contributed by atoms with Gasteiger partial charge in [-0.05, 0) is 26.2 Å². The average Bonchev–Trinajstić information content (AvgIpc) is 2.25. The highest BCUT2D eigenvalue weighted by molar-refractivity contribution is 4.93. The summed E-state index contributed by atoms with van der Waals surface area (Å²) in [6.45, 7) is 10.3. The minimum Gasteiger partial charge on any atom is -0.372 e. The number of hydrogen-bond acceptors (Lipinski definition) is 3. The molecule has 0 aromatic heterocycles. The number of alkyl halides is 3. The lowest BCUT2D eigenvalue weighted by Crippen LogP contribution is -2.63. The van der Waals surface area contributed by atoms with Gasteiger partial charge in [0.1, 0.15) is 6.61 Å². The molecule has 1 aliphatic heterocycles. The molecule has 120 valence electrons. The van der Waals surface area contributed by atoms with E-state index in [0.29, 0.717) is 18.4 Å². The highest BCUT2D eigenvalue weighted by Crippen LogP contribution is 2.20. The molecule has 0 aromatic rings. The third kappa shape index (κ3) is 6.41. The van der Waals surface area contributed by atoms with Crippen molar-refractivity contribution in [2.45, 2.75) is 51.9 Å². The normalized spacial score (nSPS) is 24.3. The first kappa shape index (κ1) is 17.7. The van der Waals surface area contributed by atoms with Crippen LogP contribution in [-0.4, -0.2) is 55.5 Å². The van der Waals surface area contributed by atoms with E-state index in [1.54, 1.807) is 0 Å². The van der Waals surface area contributed by atoms with Crippen LogP contribution in [0.3, 0.4) is 0 Å². The Morgan fingerprint density at radius 1 is 1.35 bits per heavy atom. The maximum Gasteiger partial charge on any atom is 0.411 e. The van der Waals surface area contributed by atoms with Gasteiger partial charge in [-0.1, -0.05) is 13.8 Å². The highest BCUT2D eigenvalue weighted by Gasteiger charge is 2.33. The lowest BCUT2D eigenvalue weighted by molar-refractivity contribution is -0.174. The molecule has 0 aromatic carbocycles. The van der Waals surface area contributed by atoms with Crippen LogP contribution < -0.4 is 5.32 Å². The predicted octanol–water partition coefficient (Wildman–Crippen LogP) is 2.66. The van der Waals surface area contributed by atoms with Gasteiger partial charge in [-0.2, -0.15) is 13.2 Å². The maximum absolute atomic E-state index is 12.0. The zero-order chi connectivity index (χ0) is 15.4. The molecule has 0 radical (unpaired) electrons. The minimum atomic E-state index is -4.22. The number of hydrogen-bond donors (Lipinski definition) is 1. The Morgan fingerprint density at radius 2 is 2.00 bits per heavy atom. The molecule has 1 heterocycles. The molecule has 0 spiro atoms. The third-order valence-electron chi connectivity index (χ3n) is 3.63. The summed E-state index contributed by atoms with van der Waals surface area (Å²) < 4.78 is 40.6. The standard InChI is InChI=1S/C14H27F3N2O/c1-11(2)12-8-18-13(3,4)9-19(12)6-5-7-20-10-14(15,16)17/h11-12,18H,5-10H2,1-4H3. The van der Waals surface area contributed by atoms with Crippen LogP contribution in [0.4, 0.5) is 13.2 Å². The molecule has 1 N–H and O–H groups in total. The molecule has 1 atom stereocenters. The molecule has 1 saturated heterocycles. The van der Waals surface area contributed by atoms with Crippen LogP contribution >= 0.6 is 0 Å². The van der Waals surface area contributed by atoms with Crippen molar-refractivity contribution in [2.24, 2.45) is 5.92 Å². The molecule has 1 unspecified atom stereocenters. The van der Waals surface area contributed by atoms with Crippen molar-refractivity contribution in [1.29, 1.82) is 0 Å². The van der Waals surface area contributed by atoms with Crippen LogP contribution in [0.5, 0.6) is 0 Å². The van der Waals surface area contributed by atoms with Crippen LogP contribution in [0.15, 0.2) is 0 Å². The maximum atomic E-state index is 12.0. The summed E-state index contributed by atoms with van der Waals surface area (Å²) in [6, 6.07) is 0.436. The van der Waals surface area contributed by atoms with Crippen molar-refractivity contribution in [3.63, 3.8) is 0 Å². The number of nitrogens with one attached hydrogen (secondary N) is 1. The summed E-state index contributed by atoms with van der Waals surface area (Å²) >= 11 is 0. The number of piperazine rings is 1. The van der Waals surface area contributed by atoms with E-state index in [2.05, 4.69) is 42.6 Å². The Balaban J connectivity index is 2.34. The first-order chi connectivity index (χ1) is 9.11. The summed E-state index contributed by atoms with van der Waals surface area (Å²) in [5, 5.41) is 3.52. The van der Waals surface area contributed by atoms with Crippen molar-refractivity contribution < 1.29 is 17.9 Å². The van der Waals surface area contributed by atoms with Gasteiger partial charge in [-0.15, -0.1) is 0 Å². The van der Waals surface area contributed by atoms with E-state index in [-0.39, 0.29) is 12.1 Å². The van der Waals surface area contributed by atoms with Crippen molar-refractivity contribution in [2.75, 3.05) is 32.8 Å². The highest BCUT2D eigenvalue weighted by atomic mass is 19.4. The Kier molecular flexibility index (Phi) is 6.28. The fraction of sp³-hybridized carbons (Fsp3) is 1.00. The van der Waals surface area contributed by atoms with Crippen molar-refractivity contribution in [3.05, 3.63) is 0 Å². The molecule has 1 aliphatic rings. The molecule has 20 heavy (non-hydrogen) atoms. The predicted molar refractivity (Wildman–Crippen MR) is 73.8 cm³/mol. The van der Waals surface area contributed by atoms with Gasteiger partial charge in [0.15, 0.2) is 0 Å². The smallest absolute Gasteiger partial charge is 0.372 e. The average molecular weight is 296 g/mol. The van der Waals surface area contributed by atoms with Crippen LogP contribution in [0.2, 0.25) is 0 Å². The summed E-state index contributed by atoms with van der Waals surface area (Å²) in [6.07, 6.45) is -3.59. The Hall–Kier alpha value is -0.330. The fourth-order valence-corrected chi connectivity index (χ4v) is 2.65. The molecule has 6 heteroatoms. The second-order valence-corrected chi connectivity index (χ2v) is 6.57. The van der Waals surface area contributed by atoms with E-state index in [9.17, 15) is 13.2 Å². The van der Waals surface area contributed by atoms with Crippen molar-refractivity contribution in [3.8, 4) is 0 Å². The molecule has 0 aliphatic carbocycles. The largest absolute Gasteiger partial charge is 0.411 e. The van der Waals surface area contributed by atoms with E-state index < -0.39 is 12.8 Å². The van der Waals surface area contributed by atoms with Gasteiger partial charge >= 0.3 is 6.18 Å². The number of halogens is 3. The van der Waals surface area contributed by atoms with Crippen molar-refractivity contribution in [1.82, 2.24) is 10.2 Å². The second kappa shape index (κ2) is 7.09. The third-order valence-corrected chi connectivity index (χ3v) is 3.63. The molecule has 1 rings (SSSR count). The lowest BCUT2D eigenvalue weighted by atomic mass is 9.93. The monoisotopic (exact) mass is 296 g/mol. The van der Waals surface area contributed by atoms with E-state index in [1.165, 1.54) is 0 Å². The van der Waals surface area contributed by atoms with Gasteiger partial charge in [0, 0.05) is 37.8 Å². The number of nitrogens with zero attached hydrogens (tertiary/aromatic N) is 1. The van der Waals surface area contributed by atoms with Crippen molar-refractivity contribution >= 4 is 0 Å². The van der Waals surface area contributed by atoms with Crippen LogP contribution in [0.25, 0.3) is 0 Å². The van der Waals surface area contributed by atoms with E-state index in [1.807, 2.05) is 0 Å². The van der Waals surface area contributed by atoms with Crippen LogP contribution in [0, 0.1) is 5.92 Å².